The highest BCUT2D eigenvalue weighted by atomic mass is 16.5. The fourth-order valence-electron chi connectivity index (χ4n) is 2.94. The number of aliphatic hydroxyl groups is 2. The van der Waals surface area contributed by atoms with Crippen LogP contribution in [0.15, 0.2) is 0 Å². The van der Waals surface area contributed by atoms with E-state index in [0.29, 0.717) is 12.2 Å². The van der Waals surface area contributed by atoms with E-state index in [2.05, 4.69) is 27.7 Å². The molecule has 0 saturated carbocycles. The summed E-state index contributed by atoms with van der Waals surface area (Å²) in [5.41, 5.74) is 0. The van der Waals surface area contributed by atoms with E-state index < -0.39 is 0 Å². The molecule has 0 aliphatic carbocycles. The van der Waals surface area contributed by atoms with Gasteiger partial charge in [0.2, 0.25) is 0 Å². The zero-order valence-electron chi connectivity index (χ0n) is 17.8. The fourth-order valence-corrected chi connectivity index (χ4v) is 2.94. The van der Waals surface area contributed by atoms with Crippen molar-refractivity contribution >= 4 is 0 Å². The second-order valence-electron chi connectivity index (χ2n) is 7.10. The Kier molecular flexibility index (Phi) is 25.9. The van der Waals surface area contributed by atoms with Gasteiger partial charge in [0.25, 0.3) is 0 Å². The molecule has 0 aliphatic rings. The predicted octanol–water partition coefficient (Wildman–Crippen LogP) is 6.25. The highest BCUT2D eigenvalue weighted by Gasteiger charge is 2.16. The largest absolute Gasteiger partial charge is 0.394 e. The molecule has 2 N–H and O–H groups in total. The van der Waals surface area contributed by atoms with Crippen LogP contribution in [0.25, 0.3) is 0 Å². The molecule has 0 radical (unpaired) electrons. The zero-order valence-corrected chi connectivity index (χ0v) is 17.8. The number of aliphatic hydroxyl groups excluding tert-OH is 2. The number of hydrogen-bond donors (Lipinski definition) is 2. The molecule has 0 amide bonds. The van der Waals surface area contributed by atoms with Crippen LogP contribution in [0.5, 0.6) is 0 Å². The third kappa shape index (κ3) is 21.8. The Hall–Kier alpha value is -0.120. The van der Waals surface area contributed by atoms with Crippen molar-refractivity contribution in [1.82, 2.24) is 0 Å². The van der Waals surface area contributed by atoms with Crippen LogP contribution in [0.4, 0.5) is 0 Å². The van der Waals surface area contributed by atoms with E-state index in [0.717, 1.165) is 0 Å². The van der Waals surface area contributed by atoms with Crippen molar-refractivity contribution in [3.05, 3.63) is 0 Å². The van der Waals surface area contributed by atoms with E-state index in [1.165, 1.54) is 89.9 Å². The van der Waals surface area contributed by atoms with Crippen molar-refractivity contribution in [3.8, 4) is 0 Å². The van der Waals surface area contributed by atoms with Gasteiger partial charge in [-0.2, -0.15) is 0 Å². The molecule has 0 aromatic rings. The molecule has 0 aliphatic heterocycles. The third-order valence-electron chi connectivity index (χ3n) is 4.50. The molecule has 0 heterocycles. The molecule has 0 rings (SSSR count). The zero-order chi connectivity index (χ0) is 19.2. The maximum Gasteiger partial charge on any atom is 0.0662 e. The standard InChI is InChI=1S/C20H42O.C2H6O2/c1-5-9-13-17-19(15-11-7-3)21-20(16-12-8-4)18-14-10-6-2;3-1-2-4/h19-20H,5-18H2,1-4H3;3-4H,1-2H2. The van der Waals surface area contributed by atoms with Crippen molar-refractivity contribution < 1.29 is 14.9 Å². The van der Waals surface area contributed by atoms with Crippen molar-refractivity contribution in [1.29, 1.82) is 0 Å². The molecule has 3 nitrogen and oxygen atoms in total. The first kappa shape index (κ1) is 27.1. The van der Waals surface area contributed by atoms with Gasteiger partial charge in [0, 0.05) is 0 Å². The first-order chi connectivity index (χ1) is 12.2. The van der Waals surface area contributed by atoms with E-state index >= 15 is 0 Å². The second-order valence-corrected chi connectivity index (χ2v) is 7.10. The molecule has 0 spiro atoms. The van der Waals surface area contributed by atoms with Gasteiger partial charge in [-0.25, -0.2) is 0 Å². The molecule has 2 unspecified atom stereocenters. The van der Waals surface area contributed by atoms with Crippen LogP contribution in [-0.2, 0) is 4.74 Å². The highest BCUT2D eigenvalue weighted by Crippen LogP contribution is 2.21. The van der Waals surface area contributed by atoms with Crippen molar-refractivity contribution in [2.75, 3.05) is 13.2 Å². The smallest absolute Gasteiger partial charge is 0.0662 e. The summed E-state index contributed by atoms with van der Waals surface area (Å²) in [6.07, 6.45) is 19.5. The number of hydrogen-bond acceptors (Lipinski definition) is 3. The first-order valence-electron chi connectivity index (χ1n) is 11.1. The van der Waals surface area contributed by atoms with Crippen molar-refractivity contribution in [2.24, 2.45) is 0 Å². The third-order valence-corrected chi connectivity index (χ3v) is 4.50. The summed E-state index contributed by atoms with van der Waals surface area (Å²) in [5, 5.41) is 15.2. The van der Waals surface area contributed by atoms with Crippen LogP contribution in [0, 0.1) is 0 Å². The number of ether oxygens (including phenoxy) is 1. The van der Waals surface area contributed by atoms with Crippen molar-refractivity contribution in [3.63, 3.8) is 0 Å². The first-order valence-corrected chi connectivity index (χ1v) is 11.1. The lowest BCUT2D eigenvalue weighted by Gasteiger charge is -2.25. The molecular formula is C22H48O3. The summed E-state index contributed by atoms with van der Waals surface area (Å²) in [7, 11) is 0. The molecule has 2 atom stereocenters. The minimum atomic E-state index is -0.125. The lowest BCUT2D eigenvalue weighted by Crippen LogP contribution is -2.22. The summed E-state index contributed by atoms with van der Waals surface area (Å²) >= 11 is 0. The van der Waals surface area contributed by atoms with Crippen LogP contribution in [0.3, 0.4) is 0 Å². The van der Waals surface area contributed by atoms with Gasteiger partial charge >= 0.3 is 0 Å². The Labute approximate surface area is 158 Å². The molecule has 3 heteroatoms. The molecule has 25 heavy (non-hydrogen) atoms. The Balaban J connectivity index is 0. The van der Waals surface area contributed by atoms with Crippen LogP contribution < -0.4 is 0 Å². The lowest BCUT2D eigenvalue weighted by atomic mass is 10.0. The van der Waals surface area contributed by atoms with Gasteiger partial charge in [0.1, 0.15) is 0 Å². The summed E-state index contributed by atoms with van der Waals surface area (Å²) in [4.78, 5) is 0. The quantitative estimate of drug-likeness (QED) is 0.301. The SMILES string of the molecule is CCCCCC(CCCC)OC(CCCC)CCCCC.OCCO. The maximum atomic E-state index is 7.62. The highest BCUT2D eigenvalue weighted by molar-refractivity contribution is 4.66. The Bertz CT molecular complexity index is 199. The second kappa shape index (κ2) is 23.9. The molecule has 0 aromatic heterocycles. The van der Waals surface area contributed by atoms with E-state index in [9.17, 15) is 0 Å². The molecule has 154 valence electrons. The van der Waals surface area contributed by atoms with Gasteiger partial charge in [-0.05, 0) is 25.7 Å². The Morgan fingerprint density at radius 3 is 1.12 bits per heavy atom. The Morgan fingerprint density at radius 2 is 0.840 bits per heavy atom. The monoisotopic (exact) mass is 360 g/mol. The summed E-state index contributed by atoms with van der Waals surface area (Å²) < 4.78 is 6.55. The Morgan fingerprint density at radius 1 is 0.520 bits per heavy atom. The molecule has 0 saturated heterocycles. The van der Waals surface area contributed by atoms with E-state index in [4.69, 9.17) is 14.9 Å². The van der Waals surface area contributed by atoms with Gasteiger partial charge in [-0.15, -0.1) is 0 Å². The fraction of sp³-hybridized carbons (Fsp3) is 1.00. The van der Waals surface area contributed by atoms with Gasteiger partial charge < -0.3 is 14.9 Å². The van der Waals surface area contributed by atoms with E-state index in [1.807, 2.05) is 0 Å². The van der Waals surface area contributed by atoms with Gasteiger partial charge in [-0.1, -0.05) is 91.9 Å². The molecule has 0 aromatic carbocycles. The van der Waals surface area contributed by atoms with Gasteiger partial charge in [0.05, 0.1) is 25.4 Å². The van der Waals surface area contributed by atoms with E-state index in [1.54, 1.807) is 0 Å². The average Bonchev–Trinajstić information content (AvgIpc) is 2.64. The maximum absolute atomic E-state index is 7.62. The minimum Gasteiger partial charge on any atom is -0.394 e. The summed E-state index contributed by atoms with van der Waals surface area (Å²) in [6, 6.07) is 0. The van der Waals surface area contributed by atoms with E-state index in [-0.39, 0.29) is 13.2 Å². The van der Waals surface area contributed by atoms with Crippen LogP contribution in [-0.4, -0.2) is 35.6 Å². The average molecular weight is 361 g/mol. The molecule has 0 fully saturated rings. The molecular weight excluding hydrogens is 312 g/mol. The van der Waals surface area contributed by atoms with Crippen LogP contribution in [0.1, 0.15) is 118 Å². The van der Waals surface area contributed by atoms with Gasteiger partial charge in [0.15, 0.2) is 0 Å². The normalized spacial score (nSPS) is 13.2. The predicted molar refractivity (Wildman–Crippen MR) is 110 cm³/mol. The van der Waals surface area contributed by atoms with Crippen molar-refractivity contribution in [2.45, 2.75) is 130 Å². The molecule has 0 bridgehead atoms. The van der Waals surface area contributed by atoms with Crippen LogP contribution in [0.2, 0.25) is 0 Å². The lowest BCUT2D eigenvalue weighted by molar-refractivity contribution is -0.0320. The number of unbranched alkanes of at least 4 members (excludes halogenated alkanes) is 6. The van der Waals surface area contributed by atoms with Crippen LogP contribution >= 0.6 is 0 Å². The number of rotatable bonds is 17. The minimum absolute atomic E-state index is 0.125. The summed E-state index contributed by atoms with van der Waals surface area (Å²) in [6.45, 7) is 8.91. The summed E-state index contributed by atoms with van der Waals surface area (Å²) in [5.74, 6) is 0. The van der Waals surface area contributed by atoms with Gasteiger partial charge in [-0.3, -0.25) is 0 Å². The topological polar surface area (TPSA) is 49.7 Å².